The summed E-state index contributed by atoms with van der Waals surface area (Å²) < 4.78 is 5.81. The number of hydrogen-bond acceptors (Lipinski definition) is 4. The van der Waals surface area contributed by atoms with E-state index >= 15 is 0 Å². The minimum atomic E-state index is -0.137. The molecule has 0 unspecified atom stereocenters. The minimum absolute atomic E-state index is 0.0409. The van der Waals surface area contributed by atoms with Gasteiger partial charge in [-0.05, 0) is 54.3 Å². The molecule has 0 radical (unpaired) electrons. The van der Waals surface area contributed by atoms with E-state index in [1.165, 1.54) is 0 Å². The van der Waals surface area contributed by atoms with Crippen molar-refractivity contribution >= 4 is 23.6 Å². The Kier molecular flexibility index (Phi) is 7.35. The number of nitrogens with zero attached hydrogens (tertiary/aromatic N) is 1. The van der Waals surface area contributed by atoms with Gasteiger partial charge in [0.15, 0.2) is 0 Å². The van der Waals surface area contributed by atoms with Crippen LogP contribution in [0.1, 0.15) is 38.0 Å². The average Bonchev–Trinajstić information content (AvgIpc) is 3.19. The van der Waals surface area contributed by atoms with E-state index in [2.05, 4.69) is 11.4 Å². The van der Waals surface area contributed by atoms with Crippen LogP contribution in [0.25, 0.3) is 0 Å². The van der Waals surface area contributed by atoms with E-state index in [-0.39, 0.29) is 17.2 Å². The fraction of sp³-hybridized carbons (Fsp3) is 0.259. The molecule has 1 saturated heterocycles. The zero-order valence-electron chi connectivity index (χ0n) is 18.9. The number of carbonyl (C=O) groups excluding carboxylic acids is 2. The molecule has 0 aliphatic carbocycles. The molecule has 3 aromatic carbocycles. The lowest BCUT2D eigenvalue weighted by atomic mass is 10.1. The maximum atomic E-state index is 12.5. The molecule has 2 amide bonds. The van der Waals surface area contributed by atoms with E-state index in [0.717, 1.165) is 28.0 Å². The second-order valence-electron chi connectivity index (χ2n) is 8.17. The average molecular weight is 461 g/mol. The number of nitrogens with one attached hydrogen (secondary N) is 1. The maximum absolute atomic E-state index is 12.5. The fourth-order valence-corrected chi connectivity index (χ4v) is 4.96. The minimum Gasteiger partial charge on any atom is -0.491 e. The number of rotatable bonds is 8. The molecule has 0 bridgehead atoms. The number of aryl methyl sites for hydroxylation is 2. The third kappa shape index (κ3) is 5.76. The summed E-state index contributed by atoms with van der Waals surface area (Å²) in [6.07, 6.45) is 0. The van der Waals surface area contributed by atoms with Gasteiger partial charge in [0.25, 0.3) is 5.91 Å². The molecule has 6 heteroatoms. The van der Waals surface area contributed by atoms with E-state index in [0.29, 0.717) is 31.0 Å². The summed E-state index contributed by atoms with van der Waals surface area (Å²) in [6.45, 7) is 5.44. The van der Waals surface area contributed by atoms with Gasteiger partial charge >= 0.3 is 0 Å². The molecule has 3 aromatic rings. The summed E-state index contributed by atoms with van der Waals surface area (Å²) in [4.78, 5) is 26.9. The van der Waals surface area contributed by atoms with Crippen LogP contribution in [0.5, 0.6) is 5.75 Å². The molecular weight excluding hydrogens is 432 g/mol. The summed E-state index contributed by atoms with van der Waals surface area (Å²) in [5.41, 5.74) is 4.94. The Morgan fingerprint density at radius 1 is 1.06 bits per heavy atom. The molecule has 1 aliphatic rings. The second-order valence-corrected chi connectivity index (χ2v) is 9.23. The monoisotopic (exact) mass is 460 g/mol. The topological polar surface area (TPSA) is 58.6 Å². The fourth-order valence-electron chi connectivity index (χ4n) is 3.77. The predicted molar refractivity (Wildman–Crippen MR) is 132 cm³/mol. The third-order valence-electron chi connectivity index (χ3n) is 5.61. The van der Waals surface area contributed by atoms with Crippen molar-refractivity contribution in [3.8, 4) is 5.75 Å². The van der Waals surface area contributed by atoms with Crippen LogP contribution in [0.2, 0.25) is 0 Å². The van der Waals surface area contributed by atoms with E-state index in [4.69, 9.17) is 4.74 Å². The van der Waals surface area contributed by atoms with Crippen molar-refractivity contribution in [3.63, 3.8) is 0 Å². The first kappa shape index (κ1) is 22.9. The Balaban J connectivity index is 1.32. The molecule has 0 saturated carbocycles. The van der Waals surface area contributed by atoms with Crippen LogP contribution in [0.4, 0.5) is 0 Å². The Morgan fingerprint density at radius 2 is 1.82 bits per heavy atom. The second kappa shape index (κ2) is 10.6. The van der Waals surface area contributed by atoms with Crippen molar-refractivity contribution in [2.75, 3.05) is 18.9 Å². The van der Waals surface area contributed by atoms with Crippen molar-refractivity contribution in [2.45, 2.75) is 25.8 Å². The van der Waals surface area contributed by atoms with E-state index in [1.54, 1.807) is 11.8 Å². The Morgan fingerprint density at radius 3 is 2.58 bits per heavy atom. The lowest BCUT2D eigenvalue weighted by Crippen LogP contribution is -2.28. The van der Waals surface area contributed by atoms with Gasteiger partial charge in [0.2, 0.25) is 5.91 Å². The highest BCUT2D eigenvalue weighted by atomic mass is 32.2. The molecule has 1 heterocycles. The van der Waals surface area contributed by atoms with Crippen LogP contribution < -0.4 is 10.1 Å². The van der Waals surface area contributed by atoms with Crippen molar-refractivity contribution in [2.24, 2.45) is 0 Å². The summed E-state index contributed by atoms with van der Waals surface area (Å²) in [5, 5.41) is 2.87. The molecule has 1 fully saturated rings. The number of hydrogen-bond donors (Lipinski definition) is 1. The van der Waals surface area contributed by atoms with E-state index in [9.17, 15) is 9.59 Å². The van der Waals surface area contributed by atoms with Gasteiger partial charge in [-0.25, -0.2) is 0 Å². The lowest BCUT2D eigenvalue weighted by molar-refractivity contribution is -0.128. The van der Waals surface area contributed by atoms with Crippen LogP contribution in [-0.2, 0) is 11.3 Å². The lowest BCUT2D eigenvalue weighted by Gasteiger charge is -2.24. The maximum Gasteiger partial charge on any atom is 0.251 e. The standard InChI is InChI=1S/C27H28N2O3S/c1-19-8-9-20(2)24(16-19)32-15-14-28-26(31)22-10-12-23(13-11-22)27-29(25(30)18-33-27)17-21-6-4-3-5-7-21/h3-13,16,27H,14-15,17-18H2,1-2H3,(H,28,31)/t27-/m1/s1. The number of thioether (sulfide) groups is 1. The van der Waals surface area contributed by atoms with Crippen molar-refractivity contribution in [1.82, 2.24) is 10.2 Å². The summed E-state index contributed by atoms with van der Waals surface area (Å²) in [7, 11) is 0. The van der Waals surface area contributed by atoms with Crippen LogP contribution >= 0.6 is 11.8 Å². The van der Waals surface area contributed by atoms with Crippen molar-refractivity contribution in [3.05, 3.63) is 101 Å². The van der Waals surface area contributed by atoms with Gasteiger partial charge in [-0.15, -0.1) is 11.8 Å². The van der Waals surface area contributed by atoms with Gasteiger partial charge in [-0.2, -0.15) is 0 Å². The van der Waals surface area contributed by atoms with Crippen LogP contribution in [0, 0.1) is 13.8 Å². The molecular formula is C27H28N2O3S. The number of benzene rings is 3. The summed E-state index contributed by atoms with van der Waals surface area (Å²) >= 11 is 1.62. The number of carbonyl (C=O) groups is 2. The smallest absolute Gasteiger partial charge is 0.251 e. The largest absolute Gasteiger partial charge is 0.491 e. The molecule has 4 rings (SSSR count). The van der Waals surface area contributed by atoms with Gasteiger partial charge < -0.3 is 15.0 Å². The first-order chi connectivity index (χ1) is 16.0. The highest BCUT2D eigenvalue weighted by molar-refractivity contribution is 8.00. The molecule has 1 N–H and O–H groups in total. The SMILES string of the molecule is Cc1ccc(C)c(OCCNC(=O)c2ccc([C@H]3SCC(=O)N3Cc3ccccc3)cc2)c1. The molecule has 5 nitrogen and oxygen atoms in total. The van der Waals surface area contributed by atoms with E-state index in [1.807, 2.05) is 85.5 Å². The zero-order valence-corrected chi connectivity index (χ0v) is 19.7. The predicted octanol–water partition coefficient (Wildman–Crippen LogP) is 4.89. The van der Waals surface area contributed by atoms with Crippen LogP contribution in [0.15, 0.2) is 72.8 Å². The highest BCUT2D eigenvalue weighted by Gasteiger charge is 2.32. The number of amides is 2. The van der Waals surface area contributed by atoms with Gasteiger partial charge in [0.05, 0.1) is 12.3 Å². The third-order valence-corrected chi connectivity index (χ3v) is 6.87. The highest BCUT2D eigenvalue weighted by Crippen LogP contribution is 2.39. The molecule has 0 spiro atoms. The van der Waals surface area contributed by atoms with Crippen molar-refractivity contribution in [1.29, 1.82) is 0 Å². The normalized spacial score (nSPS) is 15.5. The Labute approximate surface area is 199 Å². The van der Waals surface area contributed by atoms with Gasteiger partial charge in [0, 0.05) is 12.1 Å². The van der Waals surface area contributed by atoms with E-state index < -0.39 is 0 Å². The summed E-state index contributed by atoms with van der Waals surface area (Å²) in [6, 6.07) is 23.6. The first-order valence-electron chi connectivity index (χ1n) is 11.0. The zero-order chi connectivity index (χ0) is 23.2. The quantitative estimate of drug-likeness (QED) is 0.487. The van der Waals surface area contributed by atoms with Gasteiger partial charge in [-0.1, -0.05) is 54.6 Å². The Hall–Kier alpha value is -3.25. The molecule has 1 atom stereocenters. The molecule has 170 valence electrons. The molecule has 33 heavy (non-hydrogen) atoms. The van der Waals surface area contributed by atoms with Gasteiger partial charge in [-0.3, -0.25) is 9.59 Å². The summed E-state index contributed by atoms with van der Waals surface area (Å²) in [5.74, 6) is 1.32. The Bertz CT molecular complexity index is 1120. The number of ether oxygens (including phenoxy) is 1. The first-order valence-corrected chi connectivity index (χ1v) is 12.1. The van der Waals surface area contributed by atoms with Gasteiger partial charge in [0.1, 0.15) is 17.7 Å². The van der Waals surface area contributed by atoms with Crippen LogP contribution in [0.3, 0.4) is 0 Å². The molecule has 1 aliphatic heterocycles. The molecule has 0 aromatic heterocycles. The van der Waals surface area contributed by atoms with Crippen LogP contribution in [-0.4, -0.2) is 35.6 Å². The van der Waals surface area contributed by atoms with Crippen molar-refractivity contribution < 1.29 is 14.3 Å².